The molecule has 1 aromatic heterocycles. The molecular formula is C39H26S. The van der Waals surface area contributed by atoms with Crippen LogP contribution in [0.5, 0.6) is 0 Å². The van der Waals surface area contributed by atoms with E-state index in [2.05, 4.69) is 135 Å². The quantitative estimate of drug-likeness (QED) is 0.187. The Morgan fingerprint density at radius 3 is 1.62 bits per heavy atom. The maximum Gasteiger partial charge on any atom is 0.0433 e. The van der Waals surface area contributed by atoms with Gasteiger partial charge in [0.15, 0.2) is 0 Å². The van der Waals surface area contributed by atoms with Gasteiger partial charge < -0.3 is 0 Å². The third kappa shape index (κ3) is 2.80. The number of thiophene rings is 1. The van der Waals surface area contributed by atoms with Crippen molar-refractivity contribution in [2.75, 3.05) is 0 Å². The normalized spacial score (nSPS) is 13.9. The Kier molecular flexibility index (Phi) is 4.37. The molecule has 8 aromatic rings. The van der Waals surface area contributed by atoms with Crippen LogP contribution in [0.2, 0.25) is 0 Å². The van der Waals surface area contributed by atoms with Gasteiger partial charge in [0.05, 0.1) is 0 Å². The van der Waals surface area contributed by atoms with E-state index in [9.17, 15) is 0 Å². The van der Waals surface area contributed by atoms with Crippen LogP contribution in [-0.2, 0) is 5.41 Å². The summed E-state index contributed by atoms with van der Waals surface area (Å²) >= 11 is 1.92. The van der Waals surface area contributed by atoms with E-state index >= 15 is 0 Å². The Balaban J connectivity index is 1.38. The summed E-state index contributed by atoms with van der Waals surface area (Å²) in [7, 11) is 0. The van der Waals surface area contributed by atoms with Crippen molar-refractivity contribution in [3.8, 4) is 22.3 Å². The zero-order chi connectivity index (χ0) is 26.6. The van der Waals surface area contributed by atoms with Gasteiger partial charge in [-0.25, -0.2) is 0 Å². The molecule has 0 unspecified atom stereocenters. The van der Waals surface area contributed by atoms with E-state index in [4.69, 9.17) is 0 Å². The number of rotatable bonds is 1. The molecule has 0 amide bonds. The Hall–Kier alpha value is -4.46. The maximum atomic E-state index is 2.50. The lowest BCUT2D eigenvalue weighted by Crippen LogP contribution is -2.16. The molecule has 188 valence electrons. The standard InChI is InChI=1S/C39H26S/c1-39(2)35-22-33-26-14-6-4-12-24(26)23-11-3-5-13-25(23)32(33)21-34(35)29-17-9-16-28(37(29)39)31-19-10-18-30-27-15-7-8-20-36(27)40-38(30)31/h3-22H,1-2H3. The van der Waals surface area contributed by atoms with Gasteiger partial charge in [0.1, 0.15) is 0 Å². The van der Waals surface area contributed by atoms with Crippen LogP contribution in [0.4, 0.5) is 0 Å². The minimum Gasteiger partial charge on any atom is -0.135 e. The molecule has 0 bridgehead atoms. The monoisotopic (exact) mass is 526 g/mol. The minimum atomic E-state index is -0.124. The highest BCUT2D eigenvalue weighted by molar-refractivity contribution is 7.26. The van der Waals surface area contributed by atoms with Gasteiger partial charge in [0.25, 0.3) is 0 Å². The van der Waals surface area contributed by atoms with Crippen molar-refractivity contribution < 1.29 is 0 Å². The van der Waals surface area contributed by atoms with Crippen LogP contribution < -0.4 is 0 Å². The second kappa shape index (κ2) is 7.81. The molecule has 40 heavy (non-hydrogen) atoms. The number of hydrogen-bond donors (Lipinski definition) is 0. The van der Waals surface area contributed by atoms with Crippen molar-refractivity contribution in [3.63, 3.8) is 0 Å². The Labute approximate surface area is 237 Å². The van der Waals surface area contributed by atoms with Crippen molar-refractivity contribution in [1.29, 1.82) is 0 Å². The molecule has 0 aliphatic heterocycles. The summed E-state index contributed by atoms with van der Waals surface area (Å²) in [5, 5.41) is 10.7. The highest BCUT2D eigenvalue weighted by Gasteiger charge is 2.38. The van der Waals surface area contributed by atoms with E-state index < -0.39 is 0 Å². The molecule has 0 N–H and O–H groups in total. The number of hydrogen-bond acceptors (Lipinski definition) is 1. The summed E-state index contributed by atoms with van der Waals surface area (Å²) in [6, 6.07) is 45.4. The topological polar surface area (TPSA) is 0 Å². The van der Waals surface area contributed by atoms with E-state index in [-0.39, 0.29) is 5.41 Å². The minimum absolute atomic E-state index is 0.124. The average Bonchev–Trinajstić information content (AvgIpc) is 3.49. The number of benzene rings is 7. The molecule has 0 atom stereocenters. The summed E-state index contributed by atoms with van der Waals surface area (Å²) in [6.07, 6.45) is 0. The third-order valence-electron chi connectivity index (χ3n) is 9.23. The second-order valence-corrected chi connectivity index (χ2v) is 12.7. The smallest absolute Gasteiger partial charge is 0.0433 e. The highest BCUT2D eigenvalue weighted by Crippen LogP contribution is 2.55. The van der Waals surface area contributed by atoms with Gasteiger partial charge in [-0.05, 0) is 83.9 Å². The zero-order valence-electron chi connectivity index (χ0n) is 22.5. The van der Waals surface area contributed by atoms with Crippen molar-refractivity contribution in [1.82, 2.24) is 0 Å². The van der Waals surface area contributed by atoms with Crippen LogP contribution in [0.3, 0.4) is 0 Å². The summed E-state index contributed by atoms with van der Waals surface area (Å²) in [5.74, 6) is 0. The maximum absolute atomic E-state index is 2.50. The van der Waals surface area contributed by atoms with Crippen LogP contribution in [0, 0.1) is 0 Å². The Bertz CT molecular complexity index is 2350. The molecule has 0 nitrogen and oxygen atoms in total. The lowest BCUT2D eigenvalue weighted by molar-refractivity contribution is 0.663. The summed E-state index contributed by atoms with van der Waals surface area (Å²) < 4.78 is 2.73. The molecule has 0 saturated heterocycles. The molecule has 0 radical (unpaired) electrons. The van der Waals surface area contributed by atoms with Crippen molar-refractivity contribution in [2.45, 2.75) is 19.3 Å². The lowest BCUT2D eigenvalue weighted by Gasteiger charge is -2.25. The van der Waals surface area contributed by atoms with Crippen LogP contribution in [0.15, 0.2) is 121 Å². The molecule has 1 aliphatic carbocycles. The van der Waals surface area contributed by atoms with Gasteiger partial charge in [-0.1, -0.05) is 117 Å². The largest absolute Gasteiger partial charge is 0.135 e. The van der Waals surface area contributed by atoms with E-state index in [0.717, 1.165) is 0 Å². The summed E-state index contributed by atoms with van der Waals surface area (Å²) in [4.78, 5) is 0. The van der Waals surface area contributed by atoms with Gasteiger partial charge in [-0.2, -0.15) is 0 Å². The molecule has 1 aliphatic rings. The fourth-order valence-electron chi connectivity index (χ4n) is 7.46. The number of fused-ring (bicyclic) bond motifs is 12. The first-order valence-electron chi connectivity index (χ1n) is 14.0. The molecule has 1 heteroatoms. The first kappa shape index (κ1) is 22.4. The van der Waals surface area contributed by atoms with E-state index in [1.807, 2.05) is 11.3 Å². The van der Waals surface area contributed by atoms with E-state index in [1.165, 1.54) is 85.9 Å². The van der Waals surface area contributed by atoms with Crippen molar-refractivity contribution in [3.05, 3.63) is 132 Å². The van der Waals surface area contributed by atoms with E-state index in [0.29, 0.717) is 0 Å². The molecule has 1 heterocycles. The fourth-order valence-corrected chi connectivity index (χ4v) is 8.69. The molecule has 0 spiro atoms. The van der Waals surface area contributed by atoms with Crippen molar-refractivity contribution in [2.24, 2.45) is 0 Å². The van der Waals surface area contributed by atoms with Crippen LogP contribution in [0.25, 0.3) is 74.7 Å². The molecule has 9 rings (SSSR count). The summed E-state index contributed by atoms with van der Waals surface area (Å²) in [6.45, 7) is 4.84. The second-order valence-electron chi connectivity index (χ2n) is 11.7. The zero-order valence-corrected chi connectivity index (χ0v) is 23.3. The molecule has 0 fully saturated rings. The lowest BCUT2D eigenvalue weighted by atomic mass is 9.78. The predicted octanol–water partition coefficient (Wildman–Crippen LogP) is 11.5. The van der Waals surface area contributed by atoms with Gasteiger partial charge in [-0.3, -0.25) is 0 Å². The fraction of sp³-hybridized carbons (Fsp3) is 0.0769. The molecule has 0 saturated carbocycles. The van der Waals surface area contributed by atoms with Gasteiger partial charge in [-0.15, -0.1) is 11.3 Å². The van der Waals surface area contributed by atoms with E-state index in [1.54, 1.807) is 0 Å². The van der Waals surface area contributed by atoms with Gasteiger partial charge in [0, 0.05) is 25.6 Å². The van der Waals surface area contributed by atoms with Crippen molar-refractivity contribution >= 4 is 63.8 Å². The molecule has 7 aromatic carbocycles. The van der Waals surface area contributed by atoms with Crippen LogP contribution >= 0.6 is 11.3 Å². The van der Waals surface area contributed by atoms with Gasteiger partial charge >= 0.3 is 0 Å². The van der Waals surface area contributed by atoms with Gasteiger partial charge in [0.2, 0.25) is 0 Å². The summed E-state index contributed by atoms with van der Waals surface area (Å²) in [5.41, 5.74) is 8.19. The average molecular weight is 527 g/mol. The first-order chi connectivity index (χ1) is 19.6. The van der Waals surface area contributed by atoms with Crippen LogP contribution in [0.1, 0.15) is 25.0 Å². The first-order valence-corrected chi connectivity index (χ1v) is 14.8. The molecular weight excluding hydrogens is 500 g/mol. The third-order valence-corrected chi connectivity index (χ3v) is 10.4. The Morgan fingerprint density at radius 2 is 0.925 bits per heavy atom. The predicted molar refractivity (Wildman–Crippen MR) is 175 cm³/mol. The SMILES string of the molecule is CC1(C)c2cc3c4ccccc4c4ccccc4c3cc2-c2cccc(-c3cccc4c3sc3ccccc34)c21. The Morgan fingerprint density at radius 1 is 0.425 bits per heavy atom. The highest BCUT2D eigenvalue weighted by atomic mass is 32.1. The van der Waals surface area contributed by atoms with Crippen LogP contribution in [-0.4, -0.2) is 0 Å².